The monoisotopic (exact) mass is 461 g/mol. The summed E-state index contributed by atoms with van der Waals surface area (Å²) in [5, 5.41) is 2.87. The molecule has 1 N–H and O–H groups in total. The molecule has 0 spiro atoms. The number of carbonyl (C=O) groups is 2. The minimum atomic E-state index is -3.54. The van der Waals surface area contributed by atoms with E-state index in [0.717, 1.165) is 5.56 Å². The molecule has 1 fully saturated rings. The van der Waals surface area contributed by atoms with Gasteiger partial charge in [0.1, 0.15) is 6.04 Å². The number of sulfonamides is 1. The molecule has 2 aromatic carbocycles. The highest BCUT2D eigenvalue weighted by Crippen LogP contribution is 2.23. The van der Waals surface area contributed by atoms with Crippen LogP contribution in [0.2, 0.25) is 0 Å². The average molecular weight is 462 g/mol. The standard InChI is InChI=1S/C22H27N3O4S2/c1-16(2)24(3)31(28,29)19-11-9-17(10-12-19)13-23-21(26)20-14-30-15-25(20)22(27)18-7-5-4-6-8-18/h4-12,16,20H,13-15H2,1-3H3,(H,23,26)/t20-/m0/s1. The highest BCUT2D eigenvalue weighted by atomic mass is 32.2. The predicted molar refractivity (Wildman–Crippen MR) is 122 cm³/mol. The zero-order valence-electron chi connectivity index (χ0n) is 17.8. The largest absolute Gasteiger partial charge is 0.350 e. The molecule has 7 nitrogen and oxygen atoms in total. The zero-order chi connectivity index (χ0) is 22.6. The second-order valence-electron chi connectivity index (χ2n) is 7.63. The van der Waals surface area contributed by atoms with Gasteiger partial charge in [0, 0.05) is 31.0 Å². The van der Waals surface area contributed by atoms with E-state index < -0.39 is 16.1 Å². The third-order valence-electron chi connectivity index (χ3n) is 5.26. The first kappa shape index (κ1) is 23.3. The quantitative estimate of drug-likeness (QED) is 0.685. The molecule has 1 aliphatic heterocycles. The lowest BCUT2D eigenvalue weighted by molar-refractivity contribution is -0.124. The van der Waals surface area contributed by atoms with Crippen LogP contribution in [0.15, 0.2) is 59.5 Å². The van der Waals surface area contributed by atoms with Crippen molar-refractivity contribution in [3.05, 3.63) is 65.7 Å². The normalized spacial score (nSPS) is 16.7. The van der Waals surface area contributed by atoms with Crippen molar-refractivity contribution in [1.82, 2.24) is 14.5 Å². The van der Waals surface area contributed by atoms with E-state index in [1.54, 1.807) is 72.2 Å². The Morgan fingerprint density at radius 3 is 2.39 bits per heavy atom. The van der Waals surface area contributed by atoms with Crippen molar-refractivity contribution in [2.24, 2.45) is 0 Å². The number of nitrogens with zero attached hydrogens (tertiary/aromatic N) is 2. The summed E-state index contributed by atoms with van der Waals surface area (Å²) in [4.78, 5) is 27.3. The van der Waals surface area contributed by atoms with Crippen LogP contribution in [0, 0.1) is 0 Å². The lowest BCUT2D eigenvalue weighted by Gasteiger charge is -2.23. The van der Waals surface area contributed by atoms with Crippen molar-refractivity contribution in [2.45, 2.75) is 37.4 Å². The van der Waals surface area contributed by atoms with Gasteiger partial charge in [-0.1, -0.05) is 30.3 Å². The highest BCUT2D eigenvalue weighted by molar-refractivity contribution is 7.99. The van der Waals surface area contributed by atoms with Gasteiger partial charge in [-0.05, 0) is 43.7 Å². The van der Waals surface area contributed by atoms with E-state index in [9.17, 15) is 18.0 Å². The maximum atomic E-state index is 12.7. The van der Waals surface area contributed by atoms with Crippen LogP contribution in [-0.2, 0) is 21.4 Å². The second-order valence-corrected chi connectivity index (χ2v) is 10.6. The van der Waals surface area contributed by atoms with E-state index in [-0.39, 0.29) is 29.3 Å². The molecular formula is C22H27N3O4S2. The molecule has 1 aliphatic rings. The van der Waals surface area contributed by atoms with Crippen molar-refractivity contribution >= 4 is 33.6 Å². The SMILES string of the molecule is CC(C)N(C)S(=O)(=O)c1ccc(CNC(=O)[C@@H]2CSCN2C(=O)c2ccccc2)cc1. The Bertz CT molecular complexity index is 1020. The lowest BCUT2D eigenvalue weighted by Crippen LogP contribution is -2.47. The Hall–Kier alpha value is -2.36. The Kier molecular flexibility index (Phi) is 7.40. The maximum Gasteiger partial charge on any atom is 0.255 e. The molecule has 3 rings (SSSR count). The fourth-order valence-corrected chi connectivity index (χ4v) is 5.66. The van der Waals surface area contributed by atoms with Crippen LogP contribution < -0.4 is 5.32 Å². The van der Waals surface area contributed by atoms with E-state index in [4.69, 9.17) is 0 Å². The number of nitrogens with one attached hydrogen (secondary N) is 1. The van der Waals surface area contributed by atoms with Gasteiger partial charge < -0.3 is 10.2 Å². The van der Waals surface area contributed by atoms with Gasteiger partial charge in [-0.25, -0.2) is 8.42 Å². The number of benzene rings is 2. The summed E-state index contributed by atoms with van der Waals surface area (Å²) in [7, 11) is -1.99. The van der Waals surface area contributed by atoms with Gasteiger partial charge >= 0.3 is 0 Å². The summed E-state index contributed by atoms with van der Waals surface area (Å²) >= 11 is 1.55. The first-order valence-electron chi connectivity index (χ1n) is 10.00. The number of hydrogen-bond acceptors (Lipinski definition) is 5. The van der Waals surface area contributed by atoms with Gasteiger partial charge in [-0.15, -0.1) is 11.8 Å². The predicted octanol–water partition coefficient (Wildman–Crippen LogP) is 2.55. The molecule has 0 aromatic heterocycles. The summed E-state index contributed by atoms with van der Waals surface area (Å²) in [6.07, 6.45) is 0. The van der Waals surface area contributed by atoms with Crippen LogP contribution in [0.3, 0.4) is 0 Å². The zero-order valence-corrected chi connectivity index (χ0v) is 19.4. The molecule has 0 unspecified atom stereocenters. The number of thioether (sulfide) groups is 1. The lowest BCUT2D eigenvalue weighted by atomic mass is 10.1. The van der Waals surface area contributed by atoms with Crippen LogP contribution >= 0.6 is 11.8 Å². The Labute approximate surface area is 187 Å². The van der Waals surface area contributed by atoms with E-state index in [1.165, 1.54) is 4.31 Å². The number of hydrogen-bond donors (Lipinski definition) is 1. The fourth-order valence-electron chi connectivity index (χ4n) is 3.14. The Balaban J connectivity index is 1.62. The summed E-state index contributed by atoms with van der Waals surface area (Å²) in [6, 6.07) is 14.7. The second kappa shape index (κ2) is 9.84. The topological polar surface area (TPSA) is 86.8 Å². The van der Waals surface area contributed by atoms with Crippen LogP contribution in [-0.4, -0.2) is 60.2 Å². The van der Waals surface area contributed by atoms with E-state index >= 15 is 0 Å². The van der Waals surface area contributed by atoms with E-state index in [1.807, 2.05) is 19.9 Å². The van der Waals surface area contributed by atoms with Crippen LogP contribution in [0.1, 0.15) is 29.8 Å². The Morgan fingerprint density at radius 2 is 1.77 bits per heavy atom. The van der Waals surface area contributed by atoms with Gasteiger partial charge in [0.2, 0.25) is 15.9 Å². The Morgan fingerprint density at radius 1 is 1.13 bits per heavy atom. The molecule has 2 aromatic rings. The maximum absolute atomic E-state index is 12.7. The van der Waals surface area contributed by atoms with Gasteiger partial charge in [-0.2, -0.15) is 4.31 Å². The summed E-state index contributed by atoms with van der Waals surface area (Å²) in [6.45, 7) is 3.89. The minimum Gasteiger partial charge on any atom is -0.350 e. The van der Waals surface area contributed by atoms with Crippen molar-refractivity contribution in [3.63, 3.8) is 0 Å². The number of rotatable bonds is 7. The summed E-state index contributed by atoms with van der Waals surface area (Å²) in [5.41, 5.74) is 1.34. The van der Waals surface area contributed by atoms with Crippen molar-refractivity contribution < 1.29 is 18.0 Å². The molecule has 9 heteroatoms. The molecule has 0 saturated carbocycles. The summed E-state index contributed by atoms with van der Waals surface area (Å²) < 4.78 is 26.4. The van der Waals surface area contributed by atoms with Gasteiger partial charge in [0.25, 0.3) is 5.91 Å². The summed E-state index contributed by atoms with van der Waals surface area (Å²) in [5.74, 6) is 0.644. The van der Waals surface area contributed by atoms with Crippen LogP contribution in [0.4, 0.5) is 0 Å². The van der Waals surface area contributed by atoms with Gasteiger partial charge in [0.05, 0.1) is 10.8 Å². The van der Waals surface area contributed by atoms with Gasteiger partial charge in [-0.3, -0.25) is 9.59 Å². The molecular weight excluding hydrogens is 434 g/mol. The first-order valence-corrected chi connectivity index (χ1v) is 12.6. The highest BCUT2D eigenvalue weighted by Gasteiger charge is 2.35. The minimum absolute atomic E-state index is 0.144. The molecule has 31 heavy (non-hydrogen) atoms. The first-order chi connectivity index (χ1) is 14.7. The molecule has 166 valence electrons. The number of carbonyl (C=O) groups excluding carboxylic acids is 2. The molecule has 0 aliphatic carbocycles. The molecule has 1 heterocycles. The van der Waals surface area contributed by atoms with Crippen LogP contribution in [0.25, 0.3) is 0 Å². The van der Waals surface area contributed by atoms with E-state index in [2.05, 4.69) is 5.32 Å². The molecule has 0 radical (unpaired) electrons. The number of amides is 2. The molecule has 1 atom stereocenters. The van der Waals surface area contributed by atoms with Crippen molar-refractivity contribution in [1.29, 1.82) is 0 Å². The third kappa shape index (κ3) is 5.28. The van der Waals surface area contributed by atoms with Crippen molar-refractivity contribution in [2.75, 3.05) is 18.7 Å². The third-order valence-corrected chi connectivity index (χ3v) is 8.32. The molecule has 2 amide bonds. The molecule has 1 saturated heterocycles. The van der Waals surface area contributed by atoms with Gasteiger partial charge in [0.15, 0.2) is 0 Å². The smallest absolute Gasteiger partial charge is 0.255 e. The van der Waals surface area contributed by atoms with Crippen molar-refractivity contribution in [3.8, 4) is 0 Å². The van der Waals surface area contributed by atoms with Crippen LogP contribution in [0.5, 0.6) is 0 Å². The fraction of sp³-hybridized carbons (Fsp3) is 0.364. The molecule has 0 bridgehead atoms. The average Bonchev–Trinajstić information content (AvgIpc) is 3.27. The van der Waals surface area contributed by atoms with E-state index in [0.29, 0.717) is 17.2 Å².